The molecular weight excluding hydrogens is 518 g/mol. The number of hydrogen-bond donors (Lipinski definition) is 2. The molecule has 0 bridgehead atoms. The first kappa shape index (κ1) is 24.9. The molecule has 0 spiro atoms. The van der Waals surface area contributed by atoms with Gasteiger partial charge >= 0.3 is 6.18 Å². The summed E-state index contributed by atoms with van der Waals surface area (Å²) in [5.74, 6) is -3.58. The Hall–Kier alpha value is -1.74. The maximum atomic E-state index is 13.4. The summed E-state index contributed by atoms with van der Waals surface area (Å²) in [6.07, 6.45) is -5.62. The second-order valence-electron chi connectivity index (χ2n) is 7.11. The van der Waals surface area contributed by atoms with E-state index in [-0.39, 0.29) is 21.3 Å². The van der Waals surface area contributed by atoms with Crippen molar-refractivity contribution < 1.29 is 27.2 Å². The van der Waals surface area contributed by atoms with Crippen LogP contribution in [0.1, 0.15) is 28.3 Å². The van der Waals surface area contributed by atoms with Crippen LogP contribution < -0.4 is 10.6 Å². The minimum absolute atomic E-state index is 0.0122. The Kier molecular flexibility index (Phi) is 7.20. The van der Waals surface area contributed by atoms with Gasteiger partial charge in [0.05, 0.1) is 27.9 Å². The van der Waals surface area contributed by atoms with Gasteiger partial charge in [0.15, 0.2) is 0 Å². The normalized spacial score (nSPS) is 19.4. The van der Waals surface area contributed by atoms with E-state index in [0.29, 0.717) is 5.56 Å². The standard InChI is InChI=1S/C20H14Cl4F4N2O2/c21-12-3-2-10(8-11(12)17(31)29-6-5-19(26,27)28)30-18(32)16-15(20(16,23)24)9-1-4-14(25)13(22)7-9/h1-4,7-8,15-16H,5-6H2,(H,29,31)(H,30,32)/t15-,16+/m0/s1. The summed E-state index contributed by atoms with van der Waals surface area (Å²) in [5.41, 5.74) is 0.516. The van der Waals surface area contributed by atoms with Gasteiger partial charge in [-0.25, -0.2) is 4.39 Å². The highest BCUT2D eigenvalue weighted by Crippen LogP contribution is 2.65. The highest BCUT2D eigenvalue weighted by atomic mass is 35.5. The van der Waals surface area contributed by atoms with Gasteiger partial charge in [0.2, 0.25) is 5.91 Å². The number of rotatable bonds is 6. The molecule has 0 saturated heterocycles. The van der Waals surface area contributed by atoms with E-state index < -0.39 is 52.9 Å². The number of nitrogens with one attached hydrogen (secondary N) is 2. The lowest BCUT2D eigenvalue weighted by molar-refractivity contribution is -0.133. The predicted molar refractivity (Wildman–Crippen MR) is 115 cm³/mol. The molecule has 0 unspecified atom stereocenters. The van der Waals surface area contributed by atoms with Crippen LogP contribution in [0.15, 0.2) is 36.4 Å². The molecule has 0 radical (unpaired) electrons. The summed E-state index contributed by atoms with van der Waals surface area (Å²) in [4.78, 5) is 24.9. The van der Waals surface area contributed by atoms with Crippen molar-refractivity contribution in [1.29, 1.82) is 0 Å². The molecule has 1 aliphatic carbocycles. The van der Waals surface area contributed by atoms with Gasteiger partial charge in [-0.15, -0.1) is 23.2 Å². The first-order valence-corrected chi connectivity index (χ1v) is 10.6. The molecule has 3 rings (SSSR count). The van der Waals surface area contributed by atoms with Gasteiger partial charge in [-0.2, -0.15) is 13.2 Å². The zero-order valence-corrected chi connectivity index (χ0v) is 18.9. The number of hydrogen-bond acceptors (Lipinski definition) is 2. The van der Waals surface area contributed by atoms with Gasteiger partial charge in [0.25, 0.3) is 5.91 Å². The number of halogens is 8. The second kappa shape index (κ2) is 9.25. The van der Waals surface area contributed by atoms with Gasteiger partial charge in [0.1, 0.15) is 10.2 Å². The molecule has 2 amide bonds. The average Bonchev–Trinajstić information content (AvgIpc) is 3.26. The largest absolute Gasteiger partial charge is 0.390 e. The average molecular weight is 532 g/mol. The van der Waals surface area contributed by atoms with Crippen molar-refractivity contribution in [2.75, 3.05) is 11.9 Å². The number of alkyl halides is 5. The van der Waals surface area contributed by atoms with E-state index in [9.17, 15) is 27.2 Å². The topological polar surface area (TPSA) is 58.2 Å². The number of benzene rings is 2. The van der Waals surface area contributed by atoms with Crippen LogP contribution in [0, 0.1) is 11.7 Å². The van der Waals surface area contributed by atoms with E-state index >= 15 is 0 Å². The van der Waals surface area contributed by atoms with E-state index in [1.807, 2.05) is 0 Å². The summed E-state index contributed by atoms with van der Waals surface area (Å²) < 4.78 is 48.7. The van der Waals surface area contributed by atoms with Gasteiger partial charge in [0, 0.05) is 18.2 Å². The maximum Gasteiger partial charge on any atom is 0.390 e. The molecule has 1 fully saturated rings. The quantitative estimate of drug-likeness (QED) is 0.337. The summed E-state index contributed by atoms with van der Waals surface area (Å²) in [5, 5.41) is 4.52. The molecular formula is C20H14Cl4F4N2O2. The molecule has 2 aromatic carbocycles. The number of carbonyl (C=O) groups is 2. The van der Waals surface area contributed by atoms with Crippen molar-refractivity contribution in [3.63, 3.8) is 0 Å². The molecule has 0 aliphatic heterocycles. The van der Waals surface area contributed by atoms with Crippen LogP contribution in [0.2, 0.25) is 10.0 Å². The molecule has 0 aromatic heterocycles. The number of amides is 2. The van der Waals surface area contributed by atoms with Crippen LogP contribution >= 0.6 is 46.4 Å². The van der Waals surface area contributed by atoms with E-state index in [1.54, 1.807) is 0 Å². The summed E-state index contributed by atoms with van der Waals surface area (Å²) in [6, 6.07) is 7.83. The SMILES string of the molecule is O=C(NCCC(F)(F)F)c1cc(NC(=O)[C@H]2[C@H](c3ccc(F)c(Cl)c3)C2(Cl)Cl)ccc1Cl. The lowest BCUT2D eigenvalue weighted by Gasteiger charge is -2.11. The summed E-state index contributed by atoms with van der Waals surface area (Å²) >= 11 is 24.3. The fraction of sp³-hybridized carbons (Fsp3) is 0.300. The second-order valence-corrected chi connectivity index (χ2v) is 9.37. The molecule has 1 saturated carbocycles. The lowest BCUT2D eigenvalue weighted by Crippen LogP contribution is -2.28. The zero-order chi connectivity index (χ0) is 23.8. The van der Waals surface area contributed by atoms with Crippen LogP contribution in [-0.4, -0.2) is 28.9 Å². The van der Waals surface area contributed by atoms with E-state index in [1.165, 1.54) is 30.3 Å². The van der Waals surface area contributed by atoms with Crippen molar-refractivity contribution in [1.82, 2.24) is 5.32 Å². The minimum atomic E-state index is -4.42. The Morgan fingerprint density at radius 3 is 2.34 bits per heavy atom. The molecule has 2 N–H and O–H groups in total. The third-order valence-corrected chi connectivity index (χ3v) is 6.37. The highest BCUT2D eigenvalue weighted by Gasteiger charge is 2.67. The molecule has 2 aromatic rings. The minimum Gasteiger partial charge on any atom is -0.352 e. The van der Waals surface area contributed by atoms with Crippen molar-refractivity contribution in [3.05, 3.63) is 63.4 Å². The molecule has 32 heavy (non-hydrogen) atoms. The fourth-order valence-electron chi connectivity index (χ4n) is 3.18. The smallest absolute Gasteiger partial charge is 0.352 e. The molecule has 12 heteroatoms. The van der Waals surface area contributed by atoms with E-state index in [4.69, 9.17) is 46.4 Å². The van der Waals surface area contributed by atoms with Crippen molar-refractivity contribution in [3.8, 4) is 0 Å². The third-order valence-electron chi connectivity index (χ3n) is 4.81. The Labute approximate surface area is 200 Å². The van der Waals surface area contributed by atoms with Gasteiger partial charge < -0.3 is 10.6 Å². The van der Waals surface area contributed by atoms with Gasteiger partial charge in [-0.05, 0) is 35.9 Å². The van der Waals surface area contributed by atoms with Gasteiger partial charge in [-0.3, -0.25) is 9.59 Å². The molecule has 172 valence electrons. The van der Waals surface area contributed by atoms with Crippen LogP contribution in [0.25, 0.3) is 0 Å². The molecule has 0 heterocycles. The predicted octanol–water partition coefficient (Wildman–Crippen LogP) is 6.34. The fourth-order valence-corrected chi connectivity index (χ4v) is 4.40. The van der Waals surface area contributed by atoms with Crippen LogP contribution in [0.4, 0.5) is 23.2 Å². The Morgan fingerprint density at radius 2 is 1.72 bits per heavy atom. The third kappa shape index (κ3) is 5.60. The van der Waals surface area contributed by atoms with Gasteiger partial charge in [-0.1, -0.05) is 29.3 Å². The zero-order valence-electron chi connectivity index (χ0n) is 15.9. The molecule has 1 aliphatic rings. The summed E-state index contributed by atoms with van der Waals surface area (Å²) in [6.45, 7) is -0.625. The lowest BCUT2D eigenvalue weighted by atomic mass is 10.1. The van der Waals surface area contributed by atoms with E-state index in [0.717, 1.165) is 6.07 Å². The van der Waals surface area contributed by atoms with Crippen molar-refractivity contribution in [2.45, 2.75) is 22.8 Å². The van der Waals surface area contributed by atoms with Crippen LogP contribution in [0.5, 0.6) is 0 Å². The summed E-state index contributed by atoms with van der Waals surface area (Å²) in [7, 11) is 0. The molecule has 4 nitrogen and oxygen atoms in total. The first-order valence-electron chi connectivity index (χ1n) is 9.09. The number of carbonyl (C=O) groups excluding carboxylic acids is 2. The monoisotopic (exact) mass is 530 g/mol. The van der Waals surface area contributed by atoms with E-state index in [2.05, 4.69) is 10.6 Å². The van der Waals surface area contributed by atoms with Crippen LogP contribution in [0.3, 0.4) is 0 Å². The Bertz CT molecular complexity index is 1060. The van der Waals surface area contributed by atoms with Crippen LogP contribution in [-0.2, 0) is 4.79 Å². The highest BCUT2D eigenvalue weighted by molar-refractivity contribution is 6.53. The van der Waals surface area contributed by atoms with Crippen molar-refractivity contribution in [2.24, 2.45) is 5.92 Å². The first-order chi connectivity index (χ1) is 14.8. The Morgan fingerprint density at radius 1 is 1.03 bits per heavy atom. The Balaban J connectivity index is 1.70. The maximum absolute atomic E-state index is 13.4. The van der Waals surface area contributed by atoms with Crippen molar-refractivity contribution >= 4 is 63.9 Å². The number of anilines is 1. The molecule has 2 atom stereocenters.